The molecule has 9 heavy (non-hydrogen) atoms. The second kappa shape index (κ2) is 4.77. The zero-order valence-electron chi connectivity index (χ0n) is 6.55. The van der Waals surface area contributed by atoms with Gasteiger partial charge >= 0.3 is 0 Å². The zero-order valence-corrected chi connectivity index (χ0v) is 6.55. The van der Waals surface area contributed by atoms with Crippen molar-refractivity contribution in [2.24, 2.45) is 11.7 Å². The smallest absolute Gasteiger partial charge is 0.102 e. The Morgan fingerprint density at radius 1 is 1.33 bits per heavy atom. The minimum Gasteiger partial charge on any atom is -0.364 e. The van der Waals surface area contributed by atoms with Gasteiger partial charge in [0.15, 0.2) is 0 Å². The molecule has 1 unspecified atom stereocenters. The maximum absolute atomic E-state index is 5.36. The third kappa shape index (κ3) is 7.92. The molecule has 0 aliphatic heterocycles. The van der Waals surface area contributed by atoms with E-state index in [1.165, 1.54) is 0 Å². The van der Waals surface area contributed by atoms with Crippen molar-refractivity contribution < 1.29 is 4.74 Å². The molecule has 0 amide bonds. The Hall–Kier alpha value is -0.0800. The van der Waals surface area contributed by atoms with E-state index in [4.69, 9.17) is 10.5 Å². The van der Waals surface area contributed by atoms with Crippen LogP contribution in [0.4, 0.5) is 0 Å². The highest BCUT2D eigenvalue weighted by atomic mass is 16.5. The zero-order chi connectivity index (χ0) is 7.28. The van der Waals surface area contributed by atoms with Crippen LogP contribution in [0.15, 0.2) is 0 Å². The van der Waals surface area contributed by atoms with Crippen molar-refractivity contribution in [3.8, 4) is 0 Å². The van der Waals surface area contributed by atoms with Crippen LogP contribution in [0.25, 0.3) is 0 Å². The van der Waals surface area contributed by atoms with E-state index in [9.17, 15) is 0 Å². The Labute approximate surface area is 57.4 Å². The third-order valence-electron chi connectivity index (χ3n) is 1.08. The average Bonchev–Trinajstić information content (AvgIpc) is 1.63. The van der Waals surface area contributed by atoms with E-state index in [2.05, 4.69) is 13.8 Å². The summed E-state index contributed by atoms with van der Waals surface area (Å²) in [6.45, 7) is 6.98. The van der Waals surface area contributed by atoms with Crippen molar-refractivity contribution in [2.75, 3.05) is 6.61 Å². The molecule has 0 bridgehead atoms. The Kier molecular flexibility index (Phi) is 4.72. The lowest BCUT2D eigenvalue weighted by molar-refractivity contribution is 0.0632. The summed E-state index contributed by atoms with van der Waals surface area (Å²) in [7, 11) is 0. The summed E-state index contributed by atoms with van der Waals surface area (Å²) in [6, 6.07) is 0. The SMILES string of the molecule is CC(C)CCOC(C)N. The van der Waals surface area contributed by atoms with E-state index < -0.39 is 0 Å². The van der Waals surface area contributed by atoms with E-state index in [1.807, 2.05) is 6.92 Å². The first-order valence-corrected chi connectivity index (χ1v) is 3.50. The van der Waals surface area contributed by atoms with Gasteiger partial charge in [0, 0.05) is 6.61 Å². The number of hydrogen-bond donors (Lipinski definition) is 1. The lowest BCUT2D eigenvalue weighted by atomic mass is 10.1. The summed E-state index contributed by atoms with van der Waals surface area (Å²) in [5, 5.41) is 0. The quantitative estimate of drug-likeness (QED) is 0.584. The molecule has 1 atom stereocenters. The molecule has 2 heteroatoms. The summed E-state index contributed by atoms with van der Waals surface area (Å²) < 4.78 is 5.13. The highest BCUT2D eigenvalue weighted by Crippen LogP contribution is 1.98. The van der Waals surface area contributed by atoms with Crippen LogP contribution in [-0.4, -0.2) is 12.8 Å². The minimum absolute atomic E-state index is 0.108. The second-order valence-electron chi connectivity index (χ2n) is 2.76. The molecule has 0 aromatic carbocycles. The Morgan fingerprint density at radius 3 is 2.22 bits per heavy atom. The molecule has 2 nitrogen and oxygen atoms in total. The monoisotopic (exact) mass is 131 g/mol. The maximum atomic E-state index is 5.36. The average molecular weight is 131 g/mol. The van der Waals surface area contributed by atoms with Crippen LogP contribution in [-0.2, 0) is 4.74 Å². The Bertz CT molecular complexity index is 53.9. The van der Waals surface area contributed by atoms with Gasteiger partial charge in [-0.2, -0.15) is 0 Å². The fourth-order valence-electron chi connectivity index (χ4n) is 0.490. The van der Waals surface area contributed by atoms with Gasteiger partial charge in [-0.25, -0.2) is 0 Å². The molecular formula is C7H17NO. The van der Waals surface area contributed by atoms with Gasteiger partial charge < -0.3 is 10.5 Å². The Balaban J connectivity index is 2.91. The van der Waals surface area contributed by atoms with Gasteiger partial charge in [0.2, 0.25) is 0 Å². The first kappa shape index (κ1) is 8.92. The van der Waals surface area contributed by atoms with Gasteiger partial charge in [-0.3, -0.25) is 0 Å². The fourth-order valence-corrected chi connectivity index (χ4v) is 0.490. The summed E-state index contributed by atoms with van der Waals surface area (Å²) >= 11 is 0. The van der Waals surface area contributed by atoms with E-state index in [1.54, 1.807) is 0 Å². The number of hydrogen-bond acceptors (Lipinski definition) is 2. The molecule has 0 rings (SSSR count). The lowest BCUT2D eigenvalue weighted by Gasteiger charge is -2.08. The molecule has 0 fully saturated rings. The topological polar surface area (TPSA) is 35.2 Å². The summed E-state index contributed by atoms with van der Waals surface area (Å²) in [4.78, 5) is 0. The fraction of sp³-hybridized carbons (Fsp3) is 1.00. The molecule has 0 radical (unpaired) electrons. The van der Waals surface area contributed by atoms with Crippen LogP contribution in [0, 0.1) is 5.92 Å². The molecule has 0 aromatic rings. The first-order valence-electron chi connectivity index (χ1n) is 3.50. The van der Waals surface area contributed by atoms with Gasteiger partial charge in [0.25, 0.3) is 0 Å². The minimum atomic E-state index is -0.108. The molecule has 0 heterocycles. The third-order valence-corrected chi connectivity index (χ3v) is 1.08. The number of nitrogens with two attached hydrogens (primary N) is 1. The van der Waals surface area contributed by atoms with Crippen molar-refractivity contribution in [2.45, 2.75) is 33.4 Å². The van der Waals surface area contributed by atoms with Crippen LogP contribution >= 0.6 is 0 Å². The predicted molar refractivity (Wildman–Crippen MR) is 39.1 cm³/mol. The van der Waals surface area contributed by atoms with Crippen molar-refractivity contribution in [1.82, 2.24) is 0 Å². The van der Waals surface area contributed by atoms with Crippen molar-refractivity contribution in [3.63, 3.8) is 0 Å². The summed E-state index contributed by atoms with van der Waals surface area (Å²) in [5.74, 6) is 0.712. The second-order valence-corrected chi connectivity index (χ2v) is 2.76. The molecule has 0 aromatic heterocycles. The molecule has 0 saturated heterocycles. The van der Waals surface area contributed by atoms with Crippen molar-refractivity contribution in [1.29, 1.82) is 0 Å². The van der Waals surface area contributed by atoms with Gasteiger partial charge in [0.05, 0.1) is 0 Å². The first-order chi connectivity index (χ1) is 4.13. The summed E-state index contributed by atoms with van der Waals surface area (Å²) in [6.07, 6.45) is 0.991. The molecule has 0 aliphatic carbocycles. The molecule has 2 N–H and O–H groups in total. The maximum Gasteiger partial charge on any atom is 0.102 e. The summed E-state index contributed by atoms with van der Waals surface area (Å²) in [5.41, 5.74) is 5.36. The van der Waals surface area contributed by atoms with E-state index in [-0.39, 0.29) is 6.23 Å². The van der Waals surface area contributed by atoms with Gasteiger partial charge in [0.1, 0.15) is 6.23 Å². The van der Waals surface area contributed by atoms with Crippen molar-refractivity contribution >= 4 is 0 Å². The van der Waals surface area contributed by atoms with Crippen LogP contribution in [0.5, 0.6) is 0 Å². The van der Waals surface area contributed by atoms with E-state index in [0.717, 1.165) is 13.0 Å². The van der Waals surface area contributed by atoms with Crippen LogP contribution < -0.4 is 5.73 Å². The largest absolute Gasteiger partial charge is 0.364 e. The van der Waals surface area contributed by atoms with E-state index >= 15 is 0 Å². The molecule has 0 spiro atoms. The molecule has 0 aliphatic rings. The normalized spacial score (nSPS) is 14.3. The lowest BCUT2D eigenvalue weighted by Crippen LogP contribution is -2.20. The van der Waals surface area contributed by atoms with Crippen molar-refractivity contribution in [3.05, 3.63) is 0 Å². The van der Waals surface area contributed by atoms with E-state index in [0.29, 0.717) is 5.92 Å². The molecule has 56 valence electrons. The standard InChI is InChI=1S/C7H17NO/c1-6(2)4-5-9-7(3)8/h6-7H,4-5,8H2,1-3H3. The van der Waals surface area contributed by atoms with Crippen LogP contribution in [0.3, 0.4) is 0 Å². The van der Waals surface area contributed by atoms with Gasteiger partial charge in [-0.15, -0.1) is 0 Å². The number of rotatable bonds is 4. The number of ether oxygens (including phenoxy) is 1. The predicted octanol–water partition coefficient (Wildman–Crippen LogP) is 1.35. The van der Waals surface area contributed by atoms with Gasteiger partial charge in [-0.05, 0) is 19.3 Å². The van der Waals surface area contributed by atoms with Crippen LogP contribution in [0.2, 0.25) is 0 Å². The van der Waals surface area contributed by atoms with Gasteiger partial charge in [-0.1, -0.05) is 13.8 Å². The molecular weight excluding hydrogens is 114 g/mol. The highest BCUT2D eigenvalue weighted by Gasteiger charge is 1.95. The Morgan fingerprint density at radius 2 is 1.89 bits per heavy atom. The molecule has 0 saturated carbocycles. The highest BCUT2D eigenvalue weighted by molar-refractivity contribution is 4.43. The van der Waals surface area contributed by atoms with Crippen LogP contribution in [0.1, 0.15) is 27.2 Å².